The summed E-state index contributed by atoms with van der Waals surface area (Å²) in [6, 6.07) is 0.521. The van der Waals surface area contributed by atoms with Crippen LogP contribution in [0.3, 0.4) is 0 Å². The van der Waals surface area contributed by atoms with Crippen LogP contribution in [-0.2, 0) is 0 Å². The Bertz CT molecular complexity index is 77.0. The van der Waals surface area contributed by atoms with Crippen molar-refractivity contribution in [1.29, 1.82) is 0 Å². The molecule has 1 atom stereocenters. The molecule has 9 heavy (non-hydrogen) atoms. The van der Waals surface area contributed by atoms with Crippen LogP contribution in [0.5, 0.6) is 0 Å². The predicted molar refractivity (Wildman–Crippen MR) is 38.7 cm³/mol. The maximum atomic E-state index is 5.30. The van der Waals surface area contributed by atoms with Gasteiger partial charge in [-0.05, 0) is 25.7 Å². The molecule has 0 aromatic carbocycles. The minimum absolute atomic E-state index is 0.521. The summed E-state index contributed by atoms with van der Waals surface area (Å²) >= 11 is 0. The van der Waals surface area contributed by atoms with Crippen LogP contribution in [-0.4, -0.2) is 6.04 Å². The molecule has 1 fully saturated rings. The van der Waals surface area contributed by atoms with Gasteiger partial charge in [0.2, 0.25) is 0 Å². The fourth-order valence-corrected chi connectivity index (χ4v) is 1.59. The van der Waals surface area contributed by atoms with E-state index in [1.54, 1.807) is 0 Å². The molecule has 1 unspecified atom stereocenters. The molecule has 1 aliphatic rings. The summed E-state index contributed by atoms with van der Waals surface area (Å²) in [5, 5.41) is 0. The molecule has 0 aromatic heterocycles. The van der Waals surface area contributed by atoms with Gasteiger partial charge in [-0.1, -0.05) is 12.8 Å². The van der Waals surface area contributed by atoms with Crippen molar-refractivity contribution in [2.75, 3.05) is 0 Å². The van der Waals surface area contributed by atoms with Gasteiger partial charge >= 0.3 is 0 Å². The Morgan fingerprint density at radius 3 is 2.44 bits per heavy atom. The highest BCUT2D eigenvalue weighted by Crippen LogP contribution is 2.26. The predicted octanol–water partition coefficient (Wildman–Crippen LogP) is 1.03. The van der Waals surface area contributed by atoms with E-state index in [1.165, 1.54) is 25.7 Å². The molecule has 1 saturated carbocycles. The minimum atomic E-state index is 0.521. The lowest BCUT2D eigenvalue weighted by Gasteiger charge is -2.16. The van der Waals surface area contributed by atoms with E-state index in [0.717, 1.165) is 5.92 Å². The molecule has 3 N–H and O–H groups in total. The second-order valence-corrected chi connectivity index (χ2v) is 3.00. The molecule has 0 spiro atoms. The van der Waals surface area contributed by atoms with Gasteiger partial charge in [0.15, 0.2) is 0 Å². The van der Waals surface area contributed by atoms with Gasteiger partial charge in [0, 0.05) is 6.04 Å². The van der Waals surface area contributed by atoms with Gasteiger partial charge in [-0.15, -0.1) is 0 Å². The van der Waals surface area contributed by atoms with Crippen LogP contribution in [0.1, 0.15) is 32.6 Å². The van der Waals surface area contributed by atoms with Crippen molar-refractivity contribution in [3.8, 4) is 0 Å². The highest BCUT2D eigenvalue weighted by molar-refractivity contribution is 4.75. The molecule has 1 rings (SSSR count). The van der Waals surface area contributed by atoms with Crippen molar-refractivity contribution >= 4 is 0 Å². The average Bonchev–Trinajstić information content (AvgIpc) is 2.37. The van der Waals surface area contributed by atoms with Gasteiger partial charge in [0.25, 0.3) is 0 Å². The Labute approximate surface area is 56.8 Å². The maximum absolute atomic E-state index is 5.30. The summed E-state index contributed by atoms with van der Waals surface area (Å²) in [7, 11) is 0. The van der Waals surface area contributed by atoms with Crippen LogP contribution in [0.4, 0.5) is 0 Å². The van der Waals surface area contributed by atoms with Gasteiger partial charge in [-0.25, -0.2) is 0 Å². The van der Waals surface area contributed by atoms with Crippen LogP contribution >= 0.6 is 0 Å². The summed E-state index contributed by atoms with van der Waals surface area (Å²) in [6.07, 6.45) is 5.53. The molecular formula is C7H16N2. The minimum Gasteiger partial charge on any atom is -0.271 e. The fraction of sp³-hybridized carbons (Fsp3) is 1.00. The first kappa shape index (κ1) is 7.03. The van der Waals surface area contributed by atoms with Crippen LogP contribution in [0.2, 0.25) is 0 Å². The molecule has 0 aliphatic heterocycles. The summed E-state index contributed by atoms with van der Waals surface area (Å²) in [6.45, 7) is 2.16. The second kappa shape index (κ2) is 3.18. The van der Waals surface area contributed by atoms with E-state index in [0.29, 0.717) is 6.04 Å². The molecule has 2 heteroatoms. The maximum Gasteiger partial charge on any atom is 0.0210 e. The van der Waals surface area contributed by atoms with Crippen LogP contribution in [0.15, 0.2) is 0 Å². The fourth-order valence-electron chi connectivity index (χ4n) is 1.59. The van der Waals surface area contributed by atoms with Crippen molar-refractivity contribution in [2.24, 2.45) is 11.8 Å². The third-order valence-corrected chi connectivity index (χ3v) is 2.37. The number of hydrazine groups is 1. The zero-order valence-electron chi connectivity index (χ0n) is 6.06. The third kappa shape index (κ3) is 1.66. The van der Waals surface area contributed by atoms with E-state index in [-0.39, 0.29) is 0 Å². The molecule has 0 bridgehead atoms. The summed E-state index contributed by atoms with van der Waals surface area (Å²) in [5.41, 5.74) is 2.81. The monoisotopic (exact) mass is 128 g/mol. The van der Waals surface area contributed by atoms with Gasteiger partial charge in [0.1, 0.15) is 0 Å². The SMILES string of the molecule is CC(NN)C1CCCC1. The van der Waals surface area contributed by atoms with Gasteiger partial charge in [-0.2, -0.15) is 0 Å². The van der Waals surface area contributed by atoms with Gasteiger partial charge in [0.05, 0.1) is 0 Å². The van der Waals surface area contributed by atoms with E-state index in [9.17, 15) is 0 Å². The van der Waals surface area contributed by atoms with E-state index >= 15 is 0 Å². The van der Waals surface area contributed by atoms with Gasteiger partial charge in [-0.3, -0.25) is 11.3 Å². The van der Waals surface area contributed by atoms with Crippen molar-refractivity contribution in [3.05, 3.63) is 0 Å². The Morgan fingerprint density at radius 2 is 2.00 bits per heavy atom. The largest absolute Gasteiger partial charge is 0.271 e. The number of hydrogen-bond acceptors (Lipinski definition) is 2. The lowest BCUT2D eigenvalue weighted by Crippen LogP contribution is -2.37. The van der Waals surface area contributed by atoms with Crippen molar-refractivity contribution in [2.45, 2.75) is 38.6 Å². The smallest absolute Gasteiger partial charge is 0.0210 e. The number of hydrogen-bond donors (Lipinski definition) is 2. The highest BCUT2D eigenvalue weighted by Gasteiger charge is 2.19. The molecule has 1 aliphatic carbocycles. The molecule has 0 aromatic rings. The summed E-state index contributed by atoms with van der Waals surface area (Å²) in [4.78, 5) is 0. The highest BCUT2D eigenvalue weighted by atomic mass is 15.2. The molecular weight excluding hydrogens is 112 g/mol. The lowest BCUT2D eigenvalue weighted by molar-refractivity contribution is 0.388. The Morgan fingerprint density at radius 1 is 1.44 bits per heavy atom. The summed E-state index contributed by atoms with van der Waals surface area (Å²) in [5.74, 6) is 6.14. The average molecular weight is 128 g/mol. The van der Waals surface area contributed by atoms with Gasteiger partial charge < -0.3 is 0 Å². The number of nitrogens with two attached hydrogens (primary N) is 1. The zero-order valence-corrected chi connectivity index (χ0v) is 6.06. The molecule has 2 nitrogen and oxygen atoms in total. The van der Waals surface area contributed by atoms with E-state index < -0.39 is 0 Å². The lowest BCUT2D eigenvalue weighted by atomic mass is 10.0. The Hall–Kier alpha value is -0.0800. The third-order valence-electron chi connectivity index (χ3n) is 2.37. The Balaban J connectivity index is 2.24. The van der Waals surface area contributed by atoms with E-state index in [2.05, 4.69) is 12.3 Å². The molecule has 54 valence electrons. The second-order valence-electron chi connectivity index (χ2n) is 3.00. The normalized spacial score (nSPS) is 24.7. The number of rotatable bonds is 2. The standard InChI is InChI=1S/C7H16N2/c1-6(9-8)7-4-2-3-5-7/h6-7,9H,2-5,8H2,1H3. The topological polar surface area (TPSA) is 38.0 Å². The van der Waals surface area contributed by atoms with E-state index in [4.69, 9.17) is 5.84 Å². The zero-order chi connectivity index (χ0) is 6.69. The molecule has 0 amide bonds. The quantitative estimate of drug-likeness (QED) is 0.430. The van der Waals surface area contributed by atoms with Crippen LogP contribution in [0, 0.1) is 5.92 Å². The van der Waals surface area contributed by atoms with Crippen molar-refractivity contribution in [3.63, 3.8) is 0 Å². The van der Waals surface area contributed by atoms with Crippen LogP contribution in [0.25, 0.3) is 0 Å². The van der Waals surface area contributed by atoms with E-state index in [1.807, 2.05) is 0 Å². The Kier molecular flexibility index (Phi) is 2.49. The van der Waals surface area contributed by atoms with Crippen molar-refractivity contribution < 1.29 is 0 Å². The first-order chi connectivity index (χ1) is 4.34. The summed E-state index contributed by atoms with van der Waals surface area (Å²) < 4.78 is 0. The van der Waals surface area contributed by atoms with Crippen molar-refractivity contribution in [1.82, 2.24) is 5.43 Å². The first-order valence-corrected chi connectivity index (χ1v) is 3.80. The van der Waals surface area contributed by atoms with Crippen LogP contribution < -0.4 is 11.3 Å². The molecule has 0 radical (unpaired) electrons. The first-order valence-electron chi connectivity index (χ1n) is 3.80. The molecule has 0 saturated heterocycles. The number of nitrogens with one attached hydrogen (secondary N) is 1. The molecule has 0 heterocycles.